The molecule has 4 unspecified atom stereocenters. The van der Waals surface area contributed by atoms with E-state index >= 15 is 0 Å². The van der Waals surface area contributed by atoms with Crippen molar-refractivity contribution in [2.24, 2.45) is 11.3 Å². The first kappa shape index (κ1) is 17.0. The van der Waals surface area contributed by atoms with E-state index in [1.165, 1.54) is 0 Å². The molecule has 0 aromatic carbocycles. The van der Waals surface area contributed by atoms with Crippen LogP contribution in [0.15, 0.2) is 35.5 Å². The van der Waals surface area contributed by atoms with Crippen LogP contribution < -0.4 is 0 Å². The molecule has 1 saturated heterocycles. The predicted molar refractivity (Wildman–Crippen MR) is 87.9 cm³/mol. The molecular formula is C19H24O5. The van der Waals surface area contributed by atoms with Crippen LogP contribution in [-0.4, -0.2) is 35.9 Å². The average Bonchev–Trinajstić information content (AvgIpc) is 2.82. The van der Waals surface area contributed by atoms with Crippen molar-refractivity contribution >= 4 is 11.9 Å². The van der Waals surface area contributed by atoms with Crippen LogP contribution in [0.2, 0.25) is 0 Å². The highest BCUT2D eigenvalue weighted by Crippen LogP contribution is 2.56. The summed E-state index contributed by atoms with van der Waals surface area (Å²) in [5.74, 6) is -0.805. The summed E-state index contributed by atoms with van der Waals surface area (Å²) in [6, 6.07) is 0. The second kappa shape index (κ2) is 5.88. The Hall–Kier alpha value is -1.88. The highest BCUT2D eigenvalue weighted by Gasteiger charge is 2.56. The minimum Gasteiger partial charge on any atom is -0.458 e. The quantitative estimate of drug-likeness (QED) is 0.488. The van der Waals surface area contributed by atoms with E-state index < -0.39 is 17.5 Å². The van der Waals surface area contributed by atoms with Crippen LogP contribution in [-0.2, 0) is 19.1 Å². The molecule has 1 aliphatic heterocycles. The number of esters is 2. The first-order chi connectivity index (χ1) is 11.3. The van der Waals surface area contributed by atoms with Crippen LogP contribution in [0.3, 0.4) is 0 Å². The number of aliphatic hydroxyl groups is 1. The molecule has 5 nitrogen and oxygen atoms in total. The summed E-state index contributed by atoms with van der Waals surface area (Å²) in [4.78, 5) is 24.0. The molecule has 1 saturated carbocycles. The van der Waals surface area contributed by atoms with Crippen LogP contribution >= 0.6 is 0 Å². The van der Waals surface area contributed by atoms with Crippen molar-refractivity contribution in [2.45, 2.75) is 51.7 Å². The lowest BCUT2D eigenvalue weighted by atomic mass is 9.58. The van der Waals surface area contributed by atoms with Gasteiger partial charge in [0.25, 0.3) is 0 Å². The molecule has 0 bridgehead atoms. The van der Waals surface area contributed by atoms with Gasteiger partial charge in [-0.05, 0) is 43.8 Å². The van der Waals surface area contributed by atoms with Crippen molar-refractivity contribution in [3.63, 3.8) is 0 Å². The largest absolute Gasteiger partial charge is 0.458 e. The molecule has 130 valence electrons. The van der Waals surface area contributed by atoms with E-state index in [9.17, 15) is 14.7 Å². The smallest absolute Gasteiger partial charge is 0.334 e. The fraction of sp³-hybridized carbons (Fsp3) is 0.579. The van der Waals surface area contributed by atoms with Gasteiger partial charge in [-0.2, -0.15) is 0 Å². The second-order valence-corrected chi connectivity index (χ2v) is 7.30. The Balaban J connectivity index is 1.99. The Bertz CT molecular complexity index is 659. The summed E-state index contributed by atoms with van der Waals surface area (Å²) < 4.78 is 11.3. The first-order valence-corrected chi connectivity index (χ1v) is 8.39. The number of aliphatic hydroxyl groups excluding tert-OH is 1. The van der Waals surface area contributed by atoms with Gasteiger partial charge in [0.1, 0.15) is 12.2 Å². The maximum Gasteiger partial charge on any atom is 0.334 e. The lowest BCUT2D eigenvalue weighted by molar-refractivity contribution is -0.154. The molecule has 0 aromatic heterocycles. The topological polar surface area (TPSA) is 72.8 Å². The lowest BCUT2D eigenvalue weighted by Gasteiger charge is -2.49. The standard InChI is InChI=1S/C19H24O5/c1-10(2)17(21)23-14-6-5-12(9-20)15-16-13(7-8-19(14,15)4)11(3)18(22)24-16/h13-14,16,20H,1,3,5-9H2,2,4H3. The fourth-order valence-corrected chi connectivity index (χ4v) is 4.39. The van der Waals surface area contributed by atoms with Crippen molar-refractivity contribution < 1.29 is 24.2 Å². The van der Waals surface area contributed by atoms with Crippen LogP contribution in [0, 0.1) is 11.3 Å². The summed E-state index contributed by atoms with van der Waals surface area (Å²) in [6.45, 7) is 11.1. The van der Waals surface area contributed by atoms with Gasteiger partial charge in [0.05, 0.1) is 6.61 Å². The van der Waals surface area contributed by atoms with E-state index in [-0.39, 0.29) is 24.6 Å². The number of fused-ring (bicyclic) bond motifs is 3. The zero-order valence-corrected chi connectivity index (χ0v) is 14.3. The second-order valence-electron chi connectivity index (χ2n) is 7.30. The Kier molecular flexibility index (Phi) is 4.16. The number of rotatable bonds is 3. The zero-order chi connectivity index (χ0) is 17.6. The SMILES string of the molecule is C=C(C)C(=O)OC1CCC(CO)=C2C3OC(=O)C(=C)C3CCC21C. The zero-order valence-electron chi connectivity index (χ0n) is 14.3. The molecular weight excluding hydrogens is 308 g/mol. The molecule has 1 heterocycles. The van der Waals surface area contributed by atoms with Gasteiger partial charge in [0.2, 0.25) is 0 Å². The van der Waals surface area contributed by atoms with Gasteiger partial charge in [-0.1, -0.05) is 20.1 Å². The molecule has 4 atom stereocenters. The third-order valence-electron chi connectivity index (χ3n) is 5.77. The van der Waals surface area contributed by atoms with Gasteiger partial charge >= 0.3 is 11.9 Å². The molecule has 3 rings (SSSR count). The van der Waals surface area contributed by atoms with E-state index in [1.54, 1.807) is 6.92 Å². The van der Waals surface area contributed by atoms with Crippen LogP contribution in [0.4, 0.5) is 0 Å². The average molecular weight is 332 g/mol. The van der Waals surface area contributed by atoms with Gasteiger partial charge < -0.3 is 14.6 Å². The molecule has 3 aliphatic rings. The Morgan fingerprint density at radius 2 is 2.17 bits per heavy atom. The van der Waals surface area contributed by atoms with E-state index in [2.05, 4.69) is 13.2 Å². The molecule has 5 heteroatoms. The monoisotopic (exact) mass is 332 g/mol. The number of hydrogen-bond acceptors (Lipinski definition) is 5. The summed E-state index contributed by atoms with van der Waals surface area (Å²) in [5.41, 5.74) is 2.27. The van der Waals surface area contributed by atoms with Crippen molar-refractivity contribution in [3.05, 3.63) is 35.5 Å². The lowest BCUT2D eigenvalue weighted by Crippen LogP contribution is -2.49. The van der Waals surface area contributed by atoms with E-state index in [4.69, 9.17) is 9.47 Å². The number of ether oxygens (including phenoxy) is 2. The third kappa shape index (κ3) is 2.42. The number of carbonyl (C=O) groups excluding carboxylic acids is 2. The summed E-state index contributed by atoms with van der Waals surface area (Å²) >= 11 is 0. The van der Waals surface area contributed by atoms with Crippen molar-refractivity contribution in [3.8, 4) is 0 Å². The molecule has 1 N–H and O–H groups in total. The third-order valence-corrected chi connectivity index (χ3v) is 5.77. The number of carbonyl (C=O) groups is 2. The van der Waals surface area contributed by atoms with Crippen molar-refractivity contribution in [2.75, 3.05) is 6.61 Å². The molecule has 0 aromatic rings. The van der Waals surface area contributed by atoms with Gasteiger partial charge in [0.15, 0.2) is 0 Å². The Morgan fingerprint density at radius 3 is 2.79 bits per heavy atom. The maximum absolute atomic E-state index is 12.0. The van der Waals surface area contributed by atoms with Gasteiger partial charge in [-0.25, -0.2) is 9.59 Å². The molecule has 2 aliphatic carbocycles. The van der Waals surface area contributed by atoms with Crippen LogP contribution in [0.25, 0.3) is 0 Å². The highest BCUT2D eigenvalue weighted by molar-refractivity contribution is 5.91. The minimum absolute atomic E-state index is 0.0438. The molecule has 0 spiro atoms. The van der Waals surface area contributed by atoms with Crippen LogP contribution in [0.1, 0.15) is 39.5 Å². The van der Waals surface area contributed by atoms with Crippen LogP contribution in [0.5, 0.6) is 0 Å². The normalized spacial score (nSPS) is 35.2. The molecule has 24 heavy (non-hydrogen) atoms. The minimum atomic E-state index is -0.437. The Labute approximate surface area is 142 Å². The van der Waals surface area contributed by atoms with E-state index in [0.29, 0.717) is 24.0 Å². The van der Waals surface area contributed by atoms with Gasteiger partial charge in [0, 0.05) is 22.5 Å². The Morgan fingerprint density at radius 1 is 1.46 bits per heavy atom. The van der Waals surface area contributed by atoms with E-state index in [0.717, 1.165) is 24.0 Å². The van der Waals surface area contributed by atoms with Crippen molar-refractivity contribution in [1.82, 2.24) is 0 Å². The molecule has 2 fully saturated rings. The summed E-state index contributed by atoms with van der Waals surface area (Å²) in [6.07, 6.45) is 2.10. The predicted octanol–water partition coefficient (Wildman–Crippen LogP) is 2.45. The highest BCUT2D eigenvalue weighted by atomic mass is 16.6. The summed E-state index contributed by atoms with van der Waals surface area (Å²) in [7, 11) is 0. The maximum atomic E-state index is 12.0. The fourth-order valence-electron chi connectivity index (χ4n) is 4.39. The van der Waals surface area contributed by atoms with Gasteiger partial charge in [-0.3, -0.25) is 0 Å². The molecule has 0 radical (unpaired) electrons. The van der Waals surface area contributed by atoms with E-state index in [1.807, 2.05) is 6.92 Å². The summed E-state index contributed by atoms with van der Waals surface area (Å²) in [5, 5.41) is 9.81. The first-order valence-electron chi connectivity index (χ1n) is 8.39. The van der Waals surface area contributed by atoms with Crippen molar-refractivity contribution in [1.29, 1.82) is 0 Å². The van der Waals surface area contributed by atoms with Gasteiger partial charge in [-0.15, -0.1) is 0 Å². The molecule has 0 amide bonds. The number of hydrogen-bond donors (Lipinski definition) is 1.